The highest BCUT2D eigenvalue weighted by Gasteiger charge is 2.03. The van der Waals surface area contributed by atoms with Crippen LogP contribution in [-0.4, -0.2) is 11.8 Å². The Balaban J connectivity index is 1.77. The SMILES string of the molecule is NC(=O)c1ccc(CNC(=O)CCc2ccccc2)cc1. The van der Waals surface area contributed by atoms with E-state index < -0.39 is 5.91 Å². The molecule has 0 radical (unpaired) electrons. The van der Waals surface area contributed by atoms with Gasteiger partial charge in [-0.3, -0.25) is 9.59 Å². The van der Waals surface area contributed by atoms with Crippen molar-refractivity contribution in [3.05, 3.63) is 71.3 Å². The second-order valence-electron chi connectivity index (χ2n) is 4.82. The van der Waals surface area contributed by atoms with Crippen LogP contribution in [0.15, 0.2) is 54.6 Å². The molecule has 21 heavy (non-hydrogen) atoms. The van der Waals surface area contributed by atoms with Crippen molar-refractivity contribution in [2.24, 2.45) is 5.73 Å². The number of carbonyl (C=O) groups excluding carboxylic acids is 2. The summed E-state index contributed by atoms with van der Waals surface area (Å²) in [5.74, 6) is -0.439. The van der Waals surface area contributed by atoms with E-state index in [1.807, 2.05) is 30.3 Å². The van der Waals surface area contributed by atoms with Crippen LogP contribution < -0.4 is 11.1 Å². The molecule has 108 valence electrons. The van der Waals surface area contributed by atoms with Crippen LogP contribution in [0, 0.1) is 0 Å². The number of rotatable bonds is 6. The molecule has 4 nitrogen and oxygen atoms in total. The molecule has 0 spiro atoms. The maximum absolute atomic E-state index is 11.8. The second-order valence-corrected chi connectivity index (χ2v) is 4.82. The minimum Gasteiger partial charge on any atom is -0.366 e. The molecule has 3 N–H and O–H groups in total. The molecule has 2 rings (SSSR count). The molecule has 2 aromatic rings. The summed E-state index contributed by atoms with van der Waals surface area (Å²) in [6.45, 7) is 0.451. The third-order valence-corrected chi connectivity index (χ3v) is 3.21. The Labute approximate surface area is 124 Å². The Morgan fingerprint density at radius 3 is 2.19 bits per heavy atom. The van der Waals surface area contributed by atoms with Gasteiger partial charge in [-0.05, 0) is 29.7 Å². The molecular formula is C17H18N2O2. The molecule has 0 aliphatic heterocycles. The van der Waals surface area contributed by atoms with E-state index >= 15 is 0 Å². The van der Waals surface area contributed by atoms with Crippen molar-refractivity contribution >= 4 is 11.8 Å². The predicted octanol–water partition coefficient (Wildman–Crippen LogP) is 2.03. The van der Waals surface area contributed by atoms with Crippen LogP contribution in [0.5, 0.6) is 0 Å². The van der Waals surface area contributed by atoms with Crippen molar-refractivity contribution in [3.63, 3.8) is 0 Å². The number of hydrogen-bond acceptors (Lipinski definition) is 2. The summed E-state index contributed by atoms with van der Waals surface area (Å²) in [5.41, 5.74) is 7.73. The van der Waals surface area contributed by atoms with Crippen LogP contribution in [0.4, 0.5) is 0 Å². The normalized spacial score (nSPS) is 10.1. The summed E-state index contributed by atoms with van der Waals surface area (Å²) < 4.78 is 0. The molecule has 0 aromatic heterocycles. The fraction of sp³-hybridized carbons (Fsp3) is 0.176. The van der Waals surface area contributed by atoms with E-state index in [0.29, 0.717) is 18.5 Å². The van der Waals surface area contributed by atoms with Gasteiger partial charge in [-0.2, -0.15) is 0 Å². The van der Waals surface area contributed by atoms with E-state index in [1.54, 1.807) is 24.3 Å². The van der Waals surface area contributed by atoms with Crippen LogP contribution in [0.1, 0.15) is 27.9 Å². The summed E-state index contributed by atoms with van der Waals surface area (Å²) in [5, 5.41) is 2.86. The Kier molecular flexibility index (Phi) is 5.10. The van der Waals surface area contributed by atoms with E-state index in [2.05, 4.69) is 5.32 Å². The van der Waals surface area contributed by atoms with Gasteiger partial charge in [0.1, 0.15) is 0 Å². The lowest BCUT2D eigenvalue weighted by atomic mass is 10.1. The maximum Gasteiger partial charge on any atom is 0.248 e. The Morgan fingerprint density at radius 1 is 0.905 bits per heavy atom. The molecule has 0 bridgehead atoms. The van der Waals surface area contributed by atoms with Gasteiger partial charge in [0.05, 0.1) is 0 Å². The quantitative estimate of drug-likeness (QED) is 0.851. The fourth-order valence-corrected chi connectivity index (χ4v) is 1.98. The third kappa shape index (κ3) is 4.76. The molecule has 0 heterocycles. The summed E-state index contributed by atoms with van der Waals surface area (Å²) >= 11 is 0. The first-order valence-electron chi connectivity index (χ1n) is 6.84. The summed E-state index contributed by atoms with van der Waals surface area (Å²) in [6, 6.07) is 16.8. The number of carbonyl (C=O) groups is 2. The number of nitrogens with two attached hydrogens (primary N) is 1. The first kappa shape index (κ1) is 14.8. The van der Waals surface area contributed by atoms with E-state index in [1.165, 1.54) is 0 Å². The molecule has 2 amide bonds. The average molecular weight is 282 g/mol. The zero-order chi connectivity index (χ0) is 15.1. The lowest BCUT2D eigenvalue weighted by Gasteiger charge is -2.06. The van der Waals surface area contributed by atoms with E-state index in [9.17, 15) is 9.59 Å². The second kappa shape index (κ2) is 7.24. The number of aryl methyl sites for hydroxylation is 1. The summed E-state index contributed by atoms with van der Waals surface area (Å²) in [6.07, 6.45) is 1.19. The number of hydrogen-bond donors (Lipinski definition) is 2. The zero-order valence-corrected chi connectivity index (χ0v) is 11.7. The van der Waals surface area contributed by atoms with Gasteiger partial charge in [-0.15, -0.1) is 0 Å². The monoisotopic (exact) mass is 282 g/mol. The van der Waals surface area contributed by atoms with Crippen LogP contribution in [0.2, 0.25) is 0 Å². The first-order chi connectivity index (χ1) is 10.1. The van der Waals surface area contributed by atoms with Gasteiger partial charge in [-0.25, -0.2) is 0 Å². The van der Waals surface area contributed by atoms with E-state index in [-0.39, 0.29) is 5.91 Å². The van der Waals surface area contributed by atoms with Crippen molar-refractivity contribution in [2.45, 2.75) is 19.4 Å². The van der Waals surface area contributed by atoms with Crippen molar-refractivity contribution in [3.8, 4) is 0 Å². The number of primary amides is 1. The molecular weight excluding hydrogens is 264 g/mol. The first-order valence-corrected chi connectivity index (χ1v) is 6.84. The van der Waals surface area contributed by atoms with Gasteiger partial charge >= 0.3 is 0 Å². The predicted molar refractivity (Wildman–Crippen MR) is 81.6 cm³/mol. The van der Waals surface area contributed by atoms with Crippen molar-refractivity contribution < 1.29 is 9.59 Å². The highest BCUT2D eigenvalue weighted by Crippen LogP contribution is 2.05. The molecule has 0 aliphatic carbocycles. The van der Waals surface area contributed by atoms with Gasteiger partial charge in [0.25, 0.3) is 0 Å². The minimum atomic E-state index is -0.451. The van der Waals surface area contributed by atoms with Crippen molar-refractivity contribution in [2.75, 3.05) is 0 Å². The van der Waals surface area contributed by atoms with Gasteiger partial charge < -0.3 is 11.1 Å². The summed E-state index contributed by atoms with van der Waals surface area (Å²) in [7, 11) is 0. The van der Waals surface area contributed by atoms with Crippen LogP contribution in [0.25, 0.3) is 0 Å². The Hall–Kier alpha value is -2.62. The molecule has 0 unspecified atom stereocenters. The average Bonchev–Trinajstić information content (AvgIpc) is 2.52. The molecule has 2 aromatic carbocycles. The standard InChI is InChI=1S/C17H18N2O2/c18-17(21)15-9-6-14(7-10-15)12-19-16(20)11-8-13-4-2-1-3-5-13/h1-7,9-10H,8,11-12H2,(H2,18,21)(H,19,20). The number of benzene rings is 2. The van der Waals surface area contributed by atoms with E-state index in [4.69, 9.17) is 5.73 Å². The van der Waals surface area contributed by atoms with Gasteiger partial charge in [0.15, 0.2) is 0 Å². The van der Waals surface area contributed by atoms with Crippen LogP contribution >= 0.6 is 0 Å². The highest BCUT2D eigenvalue weighted by atomic mass is 16.1. The van der Waals surface area contributed by atoms with Gasteiger partial charge in [0, 0.05) is 18.5 Å². The molecule has 0 atom stereocenters. The van der Waals surface area contributed by atoms with Crippen LogP contribution in [-0.2, 0) is 17.8 Å². The fourth-order valence-electron chi connectivity index (χ4n) is 1.98. The Morgan fingerprint density at radius 2 is 1.57 bits per heavy atom. The highest BCUT2D eigenvalue weighted by molar-refractivity contribution is 5.92. The van der Waals surface area contributed by atoms with Gasteiger partial charge in [-0.1, -0.05) is 42.5 Å². The lowest BCUT2D eigenvalue weighted by molar-refractivity contribution is -0.121. The molecule has 0 aliphatic rings. The van der Waals surface area contributed by atoms with Crippen molar-refractivity contribution in [1.82, 2.24) is 5.32 Å². The van der Waals surface area contributed by atoms with Crippen LogP contribution in [0.3, 0.4) is 0 Å². The lowest BCUT2D eigenvalue weighted by Crippen LogP contribution is -2.23. The summed E-state index contributed by atoms with van der Waals surface area (Å²) in [4.78, 5) is 22.7. The van der Waals surface area contributed by atoms with Crippen molar-refractivity contribution in [1.29, 1.82) is 0 Å². The largest absolute Gasteiger partial charge is 0.366 e. The third-order valence-electron chi connectivity index (χ3n) is 3.21. The maximum atomic E-state index is 11.8. The molecule has 0 fully saturated rings. The number of nitrogens with one attached hydrogen (secondary N) is 1. The molecule has 4 heteroatoms. The molecule has 0 saturated heterocycles. The van der Waals surface area contributed by atoms with E-state index in [0.717, 1.165) is 17.5 Å². The molecule has 0 saturated carbocycles. The smallest absolute Gasteiger partial charge is 0.248 e. The number of amides is 2. The Bertz CT molecular complexity index is 606. The zero-order valence-electron chi connectivity index (χ0n) is 11.7. The van der Waals surface area contributed by atoms with Gasteiger partial charge in [0.2, 0.25) is 11.8 Å². The minimum absolute atomic E-state index is 0.0119. The topological polar surface area (TPSA) is 72.2 Å².